The zero-order chi connectivity index (χ0) is 10.9. The molecular weight excluding hydrogens is 217 g/mol. The van der Waals surface area contributed by atoms with E-state index < -0.39 is 10.2 Å². The zero-order valence-electron chi connectivity index (χ0n) is 7.64. The van der Waals surface area contributed by atoms with Crippen molar-refractivity contribution in [2.24, 2.45) is 0 Å². The molecule has 0 spiro atoms. The van der Waals surface area contributed by atoms with E-state index in [1.54, 1.807) is 12.1 Å². The van der Waals surface area contributed by atoms with Crippen LogP contribution in [-0.2, 0) is 10.2 Å². The molecule has 15 heavy (non-hydrogen) atoms. The van der Waals surface area contributed by atoms with E-state index in [0.717, 1.165) is 11.8 Å². The van der Waals surface area contributed by atoms with Gasteiger partial charge < -0.3 is 4.98 Å². The number of nitrogens with one attached hydrogen (secondary N) is 1. The van der Waals surface area contributed by atoms with Crippen LogP contribution in [0.1, 0.15) is 0 Å². The molecule has 0 saturated carbocycles. The summed E-state index contributed by atoms with van der Waals surface area (Å²) in [6.07, 6.45) is 1.14. The molecule has 0 saturated heterocycles. The minimum atomic E-state index is -4.62. The van der Waals surface area contributed by atoms with Crippen molar-refractivity contribution in [2.75, 3.05) is 0 Å². The van der Waals surface area contributed by atoms with Crippen LogP contribution >= 0.6 is 0 Å². The number of hydrogen-bond donors (Lipinski definition) is 1. The van der Waals surface area contributed by atoms with Crippen LogP contribution in [0.4, 0.5) is 3.89 Å². The lowest BCUT2D eigenvalue weighted by molar-refractivity contribution is 0.552. The second-order valence-corrected chi connectivity index (χ2v) is 4.40. The standard InChI is InChI=1S/C10H8FNO2S/c11-15(13,14)9-6-10(12-7-9)8-4-2-1-3-5-8/h1-7,12H. The minimum absolute atomic E-state index is 0.346. The van der Waals surface area contributed by atoms with Crippen molar-refractivity contribution in [2.45, 2.75) is 4.90 Å². The van der Waals surface area contributed by atoms with E-state index >= 15 is 0 Å². The molecule has 0 aliphatic heterocycles. The molecule has 5 heteroatoms. The highest BCUT2D eigenvalue weighted by Crippen LogP contribution is 2.21. The Kier molecular flexibility index (Phi) is 2.32. The quantitative estimate of drug-likeness (QED) is 0.797. The van der Waals surface area contributed by atoms with Crippen molar-refractivity contribution in [1.29, 1.82) is 0 Å². The SMILES string of the molecule is O=S(=O)(F)c1c[nH]c(-c2ccccc2)c1. The largest absolute Gasteiger partial charge is 0.360 e. The second-order valence-electron chi connectivity index (χ2n) is 3.05. The van der Waals surface area contributed by atoms with Crippen LogP contribution in [0.2, 0.25) is 0 Å². The van der Waals surface area contributed by atoms with E-state index in [2.05, 4.69) is 4.98 Å². The third-order valence-corrected chi connectivity index (χ3v) is 2.82. The van der Waals surface area contributed by atoms with Crippen molar-refractivity contribution in [3.63, 3.8) is 0 Å². The lowest BCUT2D eigenvalue weighted by Crippen LogP contribution is -1.87. The van der Waals surface area contributed by atoms with Gasteiger partial charge in [0.05, 0.1) is 0 Å². The van der Waals surface area contributed by atoms with Gasteiger partial charge in [-0.05, 0) is 11.6 Å². The molecular formula is C10H8FNO2S. The fourth-order valence-electron chi connectivity index (χ4n) is 1.30. The summed E-state index contributed by atoms with van der Waals surface area (Å²) in [6, 6.07) is 10.4. The van der Waals surface area contributed by atoms with Gasteiger partial charge in [0.2, 0.25) is 0 Å². The Morgan fingerprint density at radius 2 is 1.80 bits per heavy atom. The average Bonchev–Trinajstić information content (AvgIpc) is 2.67. The van der Waals surface area contributed by atoms with Crippen LogP contribution in [0.15, 0.2) is 47.5 Å². The number of hydrogen-bond acceptors (Lipinski definition) is 2. The lowest BCUT2D eigenvalue weighted by atomic mass is 10.2. The van der Waals surface area contributed by atoms with Gasteiger partial charge >= 0.3 is 10.2 Å². The molecule has 0 fully saturated rings. The van der Waals surface area contributed by atoms with Gasteiger partial charge in [-0.1, -0.05) is 30.3 Å². The maximum absolute atomic E-state index is 12.6. The number of H-pyrrole nitrogens is 1. The molecule has 1 heterocycles. The summed E-state index contributed by atoms with van der Waals surface area (Å²) in [5.41, 5.74) is 1.39. The van der Waals surface area contributed by atoms with E-state index in [4.69, 9.17) is 0 Å². The number of halogens is 1. The fraction of sp³-hybridized carbons (Fsp3) is 0. The zero-order valence-corrected chi connectivity index (χ0v) is 8.46. The van der Waals surface area contributed by atoms with Crippen molar-refractivity contribution in [1.82, 2.24) is 4.98 Å². The maximum atomic E-state index is 12.6. The Hall–Kier alpha value is -1.62. The summed E-state index contributed by atoms with van der Waals surface area (Å²) < 4.78 is 33.8. The summed E-state index contributed by atoms with van der Waals surface area (Å²) in [7, 11) is -4.62. The van der Waals surface area contributed by atoms with E-state index in [-0.39, 0.29) is 4.90 Å². The Bertz CT molecular complexity index is 560. The molecule has 2 aromatic rings. The van der Waals surface area contributed by atoms with E-state index in [0.29, 0.717) is 5.69 Å². The van der Waals surface area contributed by atoms with Crippen LogP contribution in [0.25, 0.3) is 11.3 Å². The first kappa shape index (κ1) is 9.92. The summed E-state index contributed by atoms with van der Waals surface area (Å²) in [5, 5.41) is 0. The molecule has 1 N–H and O–H groups in total. The van der Waals surface area contributed by atoms with Crippen LogP contribution < -0.4 is 0 Å². The van der Waals surface area contributed by atoms with Gasteiger partial charge in [0, 0.05) is 11.9 Å². The molecule has 0 bridgehead atoms. The van der Waals surface area contributed by atoms with Gasteiger partial charge in [-0.2, -0.15) is 8.42 Å². The summed E-state index contributed by atoms with van der Waals surface area (Å²) in [4.78, 5) is 2.36. The molecule has 78 valence electrons. The van der Waals surface area contributed by atoms with Gasteiger partial charge in [-0.15, -0.1) is 3.89 Å². The van der Waals surface area contributed by atoms with Crippen molar-refractivity contribution in [3.05, 3.63) is 42.6 Å². The molecule has 0 unspecified atom stereocenters. The normalized spacial score (nSPS) is 11.5. The fourth-order valence-corrected chi connectivity index (χ4v) is 1.76. The molecule has 0 radical (unpaired) electrons. The summed E-state index contributed by atoms with van der Waals surface area (Å²) >= 11 is 0. The van der Waals surface area contributed by atoms with Gasteiger partial charge in [-0.3, -0.25) is 0 Å². The van der Waals surface area contributed by atoms with Crippen LogP contribution in [0, 0.1) is 0 Å². The third-order valence-electron chi connectivity index (χ3n) is 2.02. The topological polar surface area (TPSA) is 49.9 Å². The first-order valence-electron chi connectivity index (χ1n) is 4.26. The Morgan fingerprint density at radius 3 is 2.33 bits per heavy atom. The van der Waals surface area contributed by atoms with E-state index in [9.17, 15) is 12.3 Å². The Balaban J connectivity index is 2.46. The Labute approximate surface area is 86.8 Å². The summed E-state index contributed by atoms with van der Waals surface area (Å²) in [6.45, 7) is 0. The number of rotatable bonds is 2. The smallest absolute Gasteiger partial charge is 0.333 e. The predicted molar refractivity (Wildman–Crippen MR) is 54.5 cm³/mol. The van der Waals surface area contributed by atoms with Crippen molar-refractivity contribution >= 4 is 10.2 Å². The van der Waals surface area contributed by atoms with Crippen LogP contribution in [0.5, 0.6) is 0 Å². The summed E-state index contributed by atoms with van der Waals surface area (Å²) in [5.74, 6) is 0. The lowest BCUT2D eigenvalue weighted by Gasteiger charge is -1.94. The maximum Gasteiger partial charge on any atom is 0.333 e. The molecule has 1 aromatic heterocycles. The second kappa shape index (κ2) is 3.51. The monoisotopic (exact) mass is 225 g/mol. The number of aromatic nitrogens is 1. The Morgan fingerprint density at radius 1 is 1.13 bits per heavy atom. The molecule has 1 aromatic carbocycles. The van der Waals surface area contributed by atoms with E-state index in [1.807, 2.05) is 18.2 Å². The highest BCUT2D eigenvalue weighted by molar-refractivity contribution is 7.86. The molecule has 0 atom stereocenters. The van der Waals surface area contributed by atoms with E-state index in [1.165, 1.54) is 6.07 Å². The number of benzene rings is 1. The molecule has 3 nitrogen and oxygen atoms in total. The first-order valence-corrected chi connectivity index (χ1v) is 5.64. The van der Waals surface area contributed by atoms with Gasteiger partial charge in [0.15, 0.2) is 0 Å². The highest BCUT2D eigenvalue weighted by atomic mass is 32.3. The molecule has 0 aliphatic carbocycles. The van der Waals surface area contributed by atoms with Crippen LogP contribution in [0.3, 0.4) is 0 Å². The molecule has 2 rings (SSSR count). The number of aromatic amines is 1. The third kappa shape index (κ3) is 2.07. The van der Waals surface area contributed by atoms with Gasteiger partial charge in [-0.25, -0.2) is 0 Å². The molecule has 0 aliphatic rings. The van der Waals surface area contributed by atoms with Crippen LogP contribution in [-0.4, -0.2) is 13.4 Å². The molecule has 0 amide bonds. The average molecular weight is 225 g/mol. The minimum Gasteiger partial charge on any atom is -0.360 e. The van der Waals surface area contributed by atoms with Crippen molar-refractivity contribution in [3.8, 4) is 11.3 Å². The van der Waals surface area contributed by atoms with Gasteiger partial charge in [0.25, 0.3) is 0 Å². The highest BCUT2D eigenvalue weighted by Gasteiger charge is 2.14. The van der Waals surface area contributed by atoms with Gasteiger partial charge in [0.1, 0.15) is 4.90 Å². The first-order chi connectivity index (χ1) is 7.07. The van der Waals surface area contributed by atoms with Crippen molar-refractivity contribution < 1.29 is 12.3 Å². The predicted octanol–water partition coefficient (Wildman–Crippen LogP) is 2.34.